The molecule has 3 heteroatoms. The lowest BCUT2D eigenvalue weighted by Gasteiger charge is -2.17. The molecule has 2 nitrogen and oxygen atoms in total. The summed E-state index contributed by atoms with van der Waals surface area (Å²) in [5.41, 5.74) is 1.32. The third-order valence-electron chi connectivity index (χ3n) is 3.61. The Balaban J connectivity index is 1.81. The Morgan fingerprint density at radius 2 is 1.86 bits per heavy atom. The molecular formula is C18H20O2S. The highest BCUT2D eigenvalue weighted by Crippen LogP contribution is 2.42. The minimum Gasteiger partial charge on any atom is -0.454 e. The average Bonchev–Trinajstić information content (AvgIpc) is 3.00. The summed E-state index contributed by atoms with van der Waals surface area (Å²) < 4.78 is 10.9. The van der Waals surface area contributed by atoms with Crippen LogP contribution in [0.15, 0.2) is 53.4 Å². The number of hydrogen-bond donors (Lipinski definition) is 0. The lowest BCUT2D eigenvalue weighted by Crippen LogP contribution is -1.95. The Hall–Kier alpha value is -1.61. The molecule has 1 heterocycles. The molecule has 0 N–H and O–H groups in total. The van der Waals surface area contributed by atoms with Crippen LogP contribution in [0.5, 0.6) is 11.5 Å². The fourth-order valence-electron chi connectivity index (χ4n) is 2.46. The second-order valence-corrected chi connectivity index (χ2v) is 6.45. The van der Waals surface area contributed by atoms with Crippen LogP contribution >= 0.6 is 11.8 Å². The number of benzene rings is 2. The van der Waals surface area contributed by atoms with Crippen LogP contribution in [-0.2, 0) is 0 Å². The van der Waals surface area contributed by atoms with E-state index in [0.29, 0.717) is 12.0 Å². The maximum Gasteiger partial charge on any atom is 0.231 e. The molecule has 1 unspecified atom stereocenters. The Morgan fingerprint density at radius 3 is 2.67 bits per heavy atom. The van der Waals surface area contributed by atoms with E-state index in [1.54, 1.807) is 0 Å². The van der Waals surface area contributed by atoms with Crippen molar-refractivity contribution >= 4 is 11.8 Å². The van der Waals surface area contributed by atoms with Crippen LogP contribution in [0.4, 0.5) is 0 Å². The number of hydrogen-bond acceptors (Lipinski definition) is 3. The predicted octanol–water partition coefficient (Wildman–Crippen LogP) is 5.44. The van der Waals surface area contributed by atoms with Gasteiger partial charge >= 0.3 is 0 Å². The minimum atomic E-state index is 0.338. The monoisotopic (exact) mass is 300 g/mol. The first-order valence-corrected chi connectivity index (χ1v) is 8.36. The standard InChI is InChI=1S/C18H20O2S/c1-2-3-9-18(21-15-7-5-4-6-8-15)14-10-11-16-17(12-14)20-13-19-16/h4-8,10-12,18H,2-3,9,13H2,1H3. The van der Waals surface area contributed by atoms with E-state index in [4.69, 9.17) is 9.47 Å². The zero-order valence-electron chi connectivity index (χ0n) is 12.2. The molecule has 0 amide bonds. The van der Waals surface area contributed by atoms with Crippen molar-refractivity contribution < 1.29 is 9.47 Å². The van der Waals surface area contributed by atoms with Gasteiger partial charge in [-0.3, -0.25) is 0 Å². The molecule has 0 bridgehead atoms. The molecule has 2 aromatic carbocycles. The Kier molecular flexibility index (Phi) is 4.71. The van der Waals surface area contributed by atoms with Crippen LogP contribution in [0, 0.1) is 0 Å². The fraction of sp³-hybridized carbons (Fsp3) is 0.333. The highest BCUT2D eigenvalue weighted by molar-refractivity contribution is 7.99. The molecule has 1 aliphatic rings. The molecule has 110 valence electrons. The Labute approximate surface area is 130 Å². The van der Waals surface area contributed by atoms with Gasteiger partial charge in [0.2, 0.25) is 6.79 Å². The van der Waals surface area contributed by atoms with E-state index in [2.05, 4.69) is 49.4 Å². The van der Waals surface area contributed by atoms with Gasteiger partial charge in [0.25, 0.3) is 0 Å². The minimum absolute atomic E-state index is 0.338. The summed E-state index contributed by atoms with van der Waals surface area (Å²) in [6.45, 7) is 2.58. The van der Waals surface area contributed by atoms with E-state index in [1.807, 2.05) is 17.8 Å². The summed E-state index contributed by atoms with van der Waals surface area (Å²) in [7, 11) is 0. The highest BCUT2D eigenvalue weighted by atomic mass is 32.2. The molecule has 3 rings (SSSR count). The van der Waals surface area contributed by atoms with Crippen molar-refractivity contribution in [1.82, 2.24) is 0 Å². The number of ether oxygens (including phenoxy) is 2. The molecule has 0 saturated heterocycles. The molecule has 21 heavy (non-hydrogen) atoms. The van der Waals surface area contributed by atoms with Gasteiger partial charge in [-0.25, -0.2) is 0 Å². The van der Waals surface area contributed by atoms with Crippen LogP contribution in [0.2, 0.25) is 0 Å². The summed E-state index contributed by atoms with van der Waals surface area (Å²) in [4.78, 5) is 1.32. The largest absolute Gasteiger partial charge is 0.454 e. The maximum absolute atomic E-state index is 5.51. The Bertz CT molecular complexity index is 583. The molecule has 0 radical (unpaired) electrons. The van der Waals surface area contributed by atoms with Gasteiger partial charge < -0.3 is 9.47 Å². The topological polar surface area (TPSA) is 18.5 Å². The summed E-state index contributed by atoms with van der Waals surface area (Å²) in [6, 6.07) is 16.9. The molecule has 0 aliphatic carbocycles. The van der Waals surface area contributed by atoms with Crippen molar-refractivity contribution in [3.05, 3.63) is 54.1 Å². The van der Waals surface area contributed by atoms with Crippen LogP contribution in [0.3, 0.4) is 0 Å². The second-order valence-electron chi connectivity index (χ2n) is 5.17. The average molecular weight is 300 g/mol. The number of rotatable bonds is 6. The first-order valence-electron chi connectivity index (χ1n) is 7.48. The third kappa shape index (κ3) is 3.53. The van der Waals surface area contributed by atoms with Gasteiger partial charge in [0.1, 0.15) is 0 Å². The van der Waals surface area contributed by atoms with Crippen molar-refractivity contribution in [3.63, 3.8) is 0 Å². The lowest BCUT2D eigenvalue weighted by molar-refractivity contribution is 0.174. The third-order valence-corrected chi connectivity index (χ3v) is 4.95. The molecule has 0 saturated carbocycles. The molecule has 1 aliphatic heterocycles. The summed E-state index contributed by atoms with van der Waals surface area (Å²) in [5, 5.41) is 0.460. The summed E-state index contributed by atoms with van der Waals surface area (Å²) >= 11 is 1.93. The number of thioether (sulfide) groups is 1. The van der Waals surface area contributed by atoms with Gasteiger partial charge in [0.05, 0.1) is 0 Å². The number of fused-ring (bicyclic) bond motifs is 1. The first-order chi connectivity index (χ1) is 10.4. The fourth-order valence-corrected chi connectivity index (χ4v) is 3.67. The molecule has 1 atom stereocenters. The van der Waals surface area contributed by atoms with Crippen molar-refractivity contribution in [3.8, 4) is 11.5 Å². The van der Waals surface area contributed by atoms with E-state index < -0.39 is 0 Å². The van der Waals surface area contributed by atoms with E-state index in [1.165, 1.54) is 29.7 Å². The molecule has 0 spiro atoms. The van der Waals surface area contributed by atoms with E-state index >= 15 is 0 Å². The lowest BCUT2D eigenvalue weighted by atomic mass is 10.1. The van der Waals surface area contributed by atoms with Gasteiger partial charge in [0, 0.05) is 10.1 Å². The predicted molar refractivity (Wildman–Crippen MR) is 87.1 cm³/mol. The van der Waals surface area contributed by atoms with Gasteiger partial charge in [-0.1, -0.05) is 44.0 Å². The van der Waals surface area contributed by atoms with Crippen LogP contribution < -0.4 is 9.47 Å². The van der Waals surface area contributed by atoms with Crippen molar-refractivity contribution in [1.29, 1.82) is 0 Å². The van der Waals surface area contributed by atoms with Gasteiger partial charge in [-0.05, 0) is 36.2 Å². The van der Waals surface area contributed by atoms with E-state index in [9.17, 15) is 0 Å². The van der Waals surface area contributed by atoms with Crippen molar-refractivity contribution in [2.45, 2.75) is 36.3 Å². The molecular weight excluding hydrogens is 280 g/mol. The molecule has 2 aromatic rings. The summed E-state index contributed by atoms with van der Waals surface area (Å²) in [5.74, 6) is 1.74. The highest BCUT2D eigenvalue weighted by Gasteiger charge is 2.18. The van der Waals surface area contributed by atoms with Crippen LogP contribution in [-0.4, -0.2) is 6.79 Å². The van der Waals surface area contributed by atoms with Crippen molar-refractivity contribution in [2.75, 3.05) is 6.79 Å². The van der Waals surface area contributed by atoms with E-state index in [-0.39, 0.29) is 0 Å². The maximum atomic E-state index is 5.51. The van der Waals surface area contributed by atoms with Crippen LogP contribution in [0.1, 0.15) is 37.0 Å². The quantitative estimate of drug-likeness (QED) is 0.662. The zero-order valence-corrected chi connectivity index (χ0v) is 13.1. The van der Waals surface area contributed by atoms with Gasteiger partial charge in [-0.2, -0.15) is 0 Å². The van der Waals surface area contributed by atoms with Crippen molar-refractivity contribution in [2.24, 2.45) is 0 Å². The first kappa shape index (κ1) is 14.3. The normalized spacial score (nSPS) is 14.1. The second kappa shape index (κ2) is 6.90. The Morgan fingerprint density at radius 1 is 1.05 bits per heavy atom. The van der Waals surface area contributed by atoms with Crippen LogP contribution in [0.25, 0.3) is 0 Å². The zero-order chi connectivity index (χ0) is 14.5. The van der Waals surface area contributed by atoms with Gasteiger partial charge in [-0.15, -0.1) is 11.8 Å². The van der Waals surface area contributed by atoms with Gasteiger partial charge in [0.15, 0.2) is 11.5 Å². The van der Waals surface area contributed by atoms with E-state index in [0.717, 1.165) is 11.5 Å². The smallest absolute Gasteiger partial charge is 0.231 e. The molecule has 0 aromatic heterocycles. The SMILES string of the molecule is CCCCC(Sc1ccccc1)c1ccc2c(c1)OCO2. The molecule has 0 fully saturated rings. The number of unbranched alkanes of at least 4 members (excludes halogenated alkanes) is 1. The summed E-state index contributed by atoms with van der Waals surface area (Å²) in [6.07, 6.45) is 3.63.